The van der Waals surface area contributed by atoms with E-state index in [1.807, 2.05) is 0 Å². The van der Waals surface area contributed by atoms with E-state index in [0.717, 1.165) is 25.1 Å². The van der Waals surface area contributed by atoms with E-state index in [9.17, 15) is 9.50 Å². The predicted molar refractivity (Wildman–Crippen MR) is 83.6 cm³/mol. The van der Waals surface area contributed by atoms with E-state index < -0.39 is 0 Å². The number of nitrogens with zero attached hydrogens (tertiary/aromatic N) is 3. The molecular formula is C17H20FN3O2. The average molecular weight is 317 g/mol. The molecule has 1 aromatic heterocycles. The molecule has 0 fully saturated rings. The van der Waals surface area contributed by atoms with Crippen LogP contribution in [0.5, 0.6) is 5.75 Å². The van der Waals surface area contributed by atoms with Crippen LogP contribution in [-0.4, -0.2) is 26.5 Å². The first-order chi connectivity index (χ1) is 11.3. The van der Waals surface area contributed by atoms with Crippen molar-refractivity contribution in [2.75, 3.05) is 6.61 Å². The number of aromatic nitrogens is 3. The molecule has 1 aromatic carbocycles. The molecule has 1 N–H and O–H groups in total. The van der Waals surface area contributed by atoms with Gasteiger partial charge in [-0.3, -0.25) is 0 Å². The van der Waals surface area contributed by atoms with Crippen molar-refractivity contribution in [3.05, 3.63) is 53.9 Å². The quantitative estimate of drug-likeness (QED) is 0.832. The zero-order chi connectivity index (χ0) is 16.1. The Hall–Kier alpha value is -2.21. The summed E-state index contributed by atoms with van der Waals surface area (Å²) in [4.78, 5) is 4.59. The van der Waals surface area contributed by atoms with Crippen molar-refractivity contribution in [1.29, 1.82) is 0 Å². The third kappa shape index (κ3) is 3.96. The number of ether oxygens (including phenoxy) is 1. The van der Waals surface area contributed by atoms with Gasteiger partial charge in [-0.25, -0.2) is 14.1 Å². The summed E-state index contributed by atoms with van der Waals surface area (Å²) >= 11 is 0. The van der Waals surface area contributed by atoms with Crippen LogP contribution in [0.15, 0.2) is 36.4 Å². The third-order valence-corrected chi connectivity index (χ3v) is 3.87. The van der Waals surface area contributed by atoms with Gasteiger partial charge in [-0.2, -0.15) is 5.10 Å². The van der Waals surface area contributed by atoms with Crippen molar-refractivity contribution >= 4 is 0 Å². The highest BCUT2D eigenvalue weighted by molar-refractivity contribution is 5.22. The van der Waals surface area contributed by atoms with Crippen LogP contribution in [-0.2, 0) is 13.2 Å². The van der Waals surface area contributed by atoms with E-state index in [4.69, 9.17) is 4.74 Å². The number of hydrogen-bond acceptors (Lipinski definition) is 4. The van der Waals surface area contributed by atoms with Crippen molar-refractivity contribution < 1.29 is 14.2 Å². The summed E-state index contributed by atoms with van der Waals surface area (Å²) in [6, 6.07) is 5.86. The molecule has 0 saturated carbocycles. The number of allylic oxidation sites excluding steroid dienone is 2. The van der Waals surface area contributed by atoms with Gasteiger partial charge in [0.05, 0.1) is 13.2 Å². The molecule has 0 amide bonds. The normalized spacial score (nSPS) is 17.4. The fourth-order valence-electron chi connectivity index (χ4n) is 2.73. The van der Waals surface area contributed by atoms with Crippen molar-refractivity contribution in [3.8, 4) is 5.75 Å². The van der Waals surface area contributed by atoms with Crippen LogP contribution in [0.25, 0.3) is 0 Å². The molecular weight excluding hydrogens is 297 g/mol. The lowest BCUT2D eigenvalue weighted by atomic mass is 9.94. The molecule has 2 aromatic rings. The van der Waals surface area contributed by atoms with Gasteiger partial charge < -0.3 is 9.84 Å². The van der Waals surface area contributed by atoms with Gasteiger partial charge in [-0.05, 0) is 43.5 Å². The topological polar surface area (TPSA) is 60.2 Å². The molecule has 5 nitrogen and oxygen atoms in total. The van der Waals surface area contributed by atoms with Gasteiger partial charge in [0, 0.05) is 5.92 Å². The third-order valence-electron chi connectivity index (χ3n) is 3.87. The zero-order valence-electron chi connectivity index (χ0n) is 12.9. The van der Waals surface area contributed by atoms with Gasteiger partial charge in [0.1, 0.15) is 24.0 Å². The first kappa shape index (κ1) is 15.7. The van der Waals surface area contributed by atoms with Crippen LogP contribution >= 0.6 is 0 Å². The molecule has 3 rings (SSSR count). The van der Waals surface area contributed by atoms with Crippen molar-refractivity contribution in [3.63, 3.8) is 0 Å². The number of benzene rings is 1. The second kappa shape index (κ2) is 7.37. The highest BCUT2D eigenvalue weighted by atomic mass is 19.1. The Bertz CT molecular complexity index is 667. The Morgan fingerprint density at radius 2 is 2.09 bits per heavy atom. The maximum absolute atomic E-state index is 12.9. The Labute approximate surface area is 134 Å². The summed E-state index contributed by atoms with van der Waals surface area (Å²) in [5.41, 5.74) is 0. The smallest absolute Gasteiger partial charge is 0.188 e. The van der Waals surface area contributed by atoms with E-state index in [0.29, 0.717) is 24.0 Å². The number of aliphatic hydroxyl groups is 1. The van der Waals surface area contributed by atoms with E-state index in [1.54, 1.807) is 16.8 Å². The maximum atomic E-state index is 12.9. The summed E-state index contributed by atoms with van der Waals surface area (Å²) in [6.07, 6.45) is 7.38. The monoisotopic (exact) mass is 317 g/mol. The lowest BCUT2D eigenvalue weighted by Crippen LogP contribution is -2.13. The molecule has 1 aliphatic carbocycles. The Balaban J connectivity index is 1.71. The minimum Gasteiger partial charge on any atom is -0.486 e. The second-order valence-electron chi connectivity index (χ2n) is 5.56. The zero-order valence-corrected chi connectivity index (χ0v) is 12.9. The summed E-state index contributed by atoms with van der Waals surface area (Å²) in [6.45, 7) is 0.676. The van der Waals surface area contributed by atoms with Crippen LogP contribution in [0.2, 0.25) is 0 Å². The summed E-state index contributed by atoms with van der Waals surface area (Å²) in [5.74, 6) is 2.09. The van der Waals surface area contributed by atoms with Gasteiger partial charge in [-0.1, -0.05) is 12.2 Å². The fourth-order valence-corrected chi connectivity index (χ4v) is 2.73. The summed E-state index contributed by atoms with van der Waals surface area (Å²) in [5, 5.41) is 13.6. The SMILES string of the molecule is OCCn1nc(COc2ccc(F)cc2)nc1[C@H]1CC=CCC1. The van der Waals surface area contributed by atoms with Crippen LogP contribution in [0, 0.1) is 5.82 Å². The van der Waals surface area contributed by atoms with Crippen molar-refractivity contribution in [2.45, 2.75) is 38.3 Å². The number of aliphatic hydroxyl groups excluding tert-OH is 1. The molecule has 0 bridgehead atoms. The van der Waals surface area contributed by atoms with Crippen molar-refractivity contribution in [2.24, 2.45) is 0 Å². The first-order valence-electron chi connectivity index (χ1n) is 7.84. The van der Waals surface area contributed by atoms with E-state index in [-0.39, 0.29) is 19.0 Å². The van der Waals surface area contributed by atoms with E-state index in [1.165, 1.54) is 12.1 Å². The van der Waals surface area contributed by atoms with Gasteiger partial charge in [0.15, 0.2) is 5.82 Å². The molecule has 0 spiro atoms. The Kier molecular flexibility index (Phi) is 5.02. The molecule has 1 atom stereocenters. The molecule has 0 saturated heterocycles. The molecule has 0 aliphatic heterocycles. The summed E-state index contributed by atoms with van der Waals surface area (Å²) < 4.78 is 20.3. The highest BCUT2D eigenvalue weighted by Crippen LogP contribution is 2.28. The molecule has 1 heterocycles. The number of rotatable bonds is 6. The van der Waals surface area contributed by atoms with Gasteiger partial charge in [0.25, 0.3) is 0 Å². The standard InChI is InChI=1S/C17H20FN3O2/c18-14-6-8-15(9-7-14)23-12-16-19-17(21(20-16)10-11-22)13-4-2-1-3-5-13/h1-2,6-9,13,22H,3-5,10-12H2/t13-/m0/s1. The fraction of sp³-hybridized carbons (Fsp3) is 0.412. The Morgan fingerprint density at radius 3 is 2.78 bits per heavy atom. The van der Waals surface area contributed by atoms with Crippen LogP contribution in [0.1, 0.15) is 36.8 Å². The minimum absolute atomic E-state index is 0.0250. The largest absolute Gasteiger partial charge is 0.486 e. The highest BCUT2D eigenvalue weighted by Gasteiger charge is 2.20. The van der Waals surface area contributed by atoms with Crippen LogP contribution in [0.4, 0.5) is 4.39 Å². The predicted octanol–water partition coefficient (Wildman–Crippen LogP) is 2.81. The molecule has 1 aliphatic rings. The van der Waals surface area contributed by atoms with Crippen LogP contribution < -0.4 is 4.74 Å². The molecule has 122 valence electrons. The second-order valence-corrected chi connectivity index (χ2v) is 5.56. The number of hydrogen-bond donors (Lipinski definition) is 1. The van der Waals surface area contributed by atoms with E-state index >= 15 is 0 Å². The van der Waals surface area contributed by atoms with Gasteiger partial charge in [0.2, 0.25) is 0 Å². The molecule has 0 unspecified atom stereocenters. The molecule has 6 heteroatoms. The van der Waals surface area contributed by atoms with Gasteiger partial charge in [-0.15, -0.1) is 0 Å². The summed E-state index contributed by atoms with van der Waals surface area (Å²) in [7, 11) is 0. The lowest BCUT2D eigenvalue weighted by Gasteiger charge is -2.17. The van der Waals surface area contributed by atoms with E-state index in [2.05, 4.69) is 22.2 Å². The maximum Gasteiger partial charge on any atom is 0.188 e. The molecule has 0 radical (unpaired) electrons. The first-order valence-corrected chi connectivity index (χ1v) is 7.84. The number of halogens is 1. The van der Waals surface area contributed by atoms with Crippen LogP contribution in [0.3, 0.4) is 0 Å². The average Bonchev–Trinajstić information content (AvgIpc) is 2.99. The van der Waals surface area contributed by atoms with Gasteiger partial charge >= 0.3 is 0 Å². The Morgan fingerprint density at radius 1 is 1.26 bits per heavy atom. The molecule has 23 heavy (non-hydrogen) atoms. The minimum atomic E-state index is -0.296. The lowest BCUT2D eigenvalue weighted by molar-refractivity contribution is 0.262. The van der Waals surface area contributed by atoms with Crippen molar-refractivity contribution in [1.82, 2.24) is 14.8 Å².